The molecule has 3 heteroatoms. The maximum absolute atomic E-state index is 13.6. The Balaban J connectivity index is 1.89. The summed E-state index contributed by atoms with van der Waals surface area (Å²) in [6.07, 6.45) is 10.7. The van der Waals surface area contributed by atoms with Crippen LogP contribution >= 0.6 is 0 Å². The molecule has 0 bridgehead atoms. The van der Waals surface area contributed by atoms with Crippen LogP contribution in [0.25, 0.3) is 0 Å². The van der Waals surface area contributed by atoms with Gasteiger partial charge in [0.1, 0.15) is 11.0 Å². The van der Waals surface area contributed by atoms with Crippen molar-refractivity contribution in [3.8, 4) is 0 Å². The Morgan fingerprint density at radius 3 is 2.35 bits per heavy atom. The lowest BCUT2D eigenvalue weighted by Gasteiger charge is -2.41. The molecule has 1 N–H and O–H groups in total. The van der Waals surface area contributed by atoms with Crippen LogP contribution in [0.15, 0.2) is 67.3 Å². The molecule has 2 aromatic rings. The molecule has 0 unspecified atom stereocenters. The first-order valence-electron chi connectivity index (χ1n) is 11.7. The molecule has 3 nitrogen and oxygen atoms in total. The van der Waals surface area contributed by atoms with E-state index < -0.39 is 11.0 Å². The second-order valence-electron chi connectivity index (χ2n) is 8.63. The van der Waals surface area contributed by atoms with Crippen molar-refractivity contribution in [2.75, 3.05) is 6.61 Å². The monoisotopic (exact) mass is 420 g/mol. The van der Waals surface area contributed by atoms with Crippen LogP contribution in [0.4, 0.5) is 0 Å². The SMILES string of the molecule is C=CCCCCCCCC[C@@]1(C(=O)OCC)c2ccccc2C[C@@]1(O)c1ccccc1. The van der Waals surface area contributed by atoms with Gasteiger partial charge in [0.25, 0.3) is 0 Å². The normalized spacial score (nSPS) is 22.1. The molecule has 0 aromatic heterocycles. The molecule has 0 aliphatic heterocycles. The molecule has 0 fully saturated rings. The molecule has 166 valence electrons. The fourth-order valence-electron chi connectivity index (χ4n) is 5.16. The van der Waals surface area contributed by atoms with Crippen molar-refractivity contribution in [3.63, 3.8) is 0 Å². The minimum absolute atomic E-state index is 0.303. The quantitative estimate of drug-likeness (QED) is 0.251. The van der Waals surface area contributed by atoms with E-state index in [2.05, 4.69) is 6.58 Å². The summed E-state index contributed by atoms with van der Waals surface area (Å²) in [5.41, 5.74) is 0.346. The maximum Gasteiger partial charge on any atom is 0.319 e. The molecule has 0 heterocycles. The summed E-state index contributed by atoms with van der Waals surface area (Å²) >= 11 is 0. The van der Waals surface area contributed by atoms with Gasteiger partial charge in [-0.3, -0.25) is 4.79 Å². The summed E-state index contributed by atoms with van der Waals surface area (Å²) in [7, 11) is 0. The minimum atomic E-state index is -1.31. The number of rotatable bonds is 12. The second kappa shape index (κ2) is 10.8. The molecule has 0 amide bonds. The number of fused-ring (bicyclic) bond motifs is 1. The van der Waals surface area contributed by atoms with Gasteiger partial charge in [-0.05, 0) is 42.9 Å². The Kier molecular flexibility index (Phi) is 8.09. The fourth-order valence-corrected chi connectivity index (χ4v) is 5.16. The van der Waals surface area contributed by atoms with E-state index in [1.54, 1.807) is 0 Å². The minimum Gasteiger partial charge on any atom is -0.465 e. The van der Waals surface area contributed by atoms with E-state index in [9.17, 15) is 9.90 Å². The third-order valence-corrected chi connectivity index (χ3v) is 6.71. The van der Waals surface area contributed by atoms with Crippen LogP contribution in [-0.2, 0) is 27.0 Å². The number of hydrogen-bond donors (Lipinski definition) is 1. The highest BCUT2D eigenvalue weighted by Crippen LogP contribution is 2.55. The zero-order valence-electron chi connectivity index (χ0n) is 18.8. The predicted octanol–water partition coefficient (Wildman–Crippen LogP) is 6.24. The molecule has 1 aliphatic carbocycles. The average Bonchev–Trinajstić information content (AvgIpc) is 3.06. The Labute approximate surface area is 187 Å². The van der Waals surface area contributed by atoms with Crippen molar-refractivity contribution in [1.82, 2.24) is 0 Å². The van der Waals surface area contributed by atoms with E-state index in [1.807, 2.05) is 67.6 Å². The molecule has 0 saturated carbocycles. The summed E-state index contributed by atoms with van der Waals surface area (Å²) < 4.78 is 5.62. The van der Waals surface area contributed by atoms with Gasteiger partial charge in [0, 0.05) is 6.42 Å². The summed E-state index contributed by atoms with van der Waals surface area (Å²) in [5.74, 6) is -0.308. The van der Waals surface area contributed by atoms with Gasteiger partial charge in [0.2, 0.25) is 0 Å². The van der Waals surface area contributed by atoms with Crippen molar-refractivity contribution in [2.45, 2.75) is 75.7 Å². The molecule has 31 heavy (non-hydrogen) atoms. The summed E-state index contributed by atoms with van der Waals surface area (Å²) in [6.45, 7) is 5.91. The van der Waals surface area contributed by atoms with E-state index in [0.29, 0.717) is 19.4 Å². The number of ether oxygens (including phenoxy) is 1. The molecule has 0 radical (unpaired) electrons. The Morgan fingerprint density at radius 2 is 1.65 bits per heavy atom. The lowest BCUT2D eigenvalue weighted by atomic mass is 9.65. The zero-order chi connectivity index (χ0) is 22.2. The van der Waals surface area contributed by atoms with Gasteiger partial charge in [-0.2, -0.15) is 0 Å². The van der Waals surface area contributed by atoms with Gasteiger partial charge < -0.3 is 9.84 Å². The third-order valence-electron chi connectivity index (χ3n) is 6.71. The van der Waals surface area contributed by atoms with Crippen LogP contribution in [-0.4, -0.2) is 17.7 Å². The number of allylic oxidation sites excluding steroid dienone is 1. The summed E-state index contributed by atoms with van der Waals surface area (Å²) in [5, 5.41) is 12.2. The first-order valence-corrected chi connectivity index (χ1v) is 11.7. The number of unbranched alkanes of at least 4 members (excludes halogenated alkanes) is 6. The standard InChI is InChI=1S/C28H36O3/c1-3-5-6-7-8-9-10-16-21-27(26(29)31-4-2)25-20-15-14-17-23(25)22-28(27,30)24-18-12-11-13-19-24/h3,11-15,17-20,30H,1,4-10,16,21-22H2,2H3/t27-,28+/m0/s1. The van der Waals surface area contributed by atoms with Gasteiger partial charge >= 0.3 is 5.97 Å². The van der Waals surface area contributed by atoms with E-state index >= 15 is 0 Å². The van der Waals surface area contributed by atoms with Crippen LogP contribution in [0.3, 0.4) is 0 Å². The van der Waals surface area contributed by atoms with Crippen LogP contribution in [0.1, 0.15) is 75.0 Å². The van der Waals surface area contributed by atoms with E-state index in [0.717, 1.165) is 42.4 Å². The number of aliphatic hydroxyl groups is 1. The Hall–Kier alpha value is -2.39. The van der Waals surface area contributed by atoms with Crippen molar-refractivity contribution >= 4 is 5.97 Å². The fraction of sp³-hybridized carbons (Fsp3) is 0.464. The van der Waals surface area contributed by atoms with Gasteiger partial charge in [-0.15, -0.1) is 6.58 Å². The van der Waals surface area contributed by atoms with Crippen LogP contribution in [0.2, 0.25) is 0 Å². The highest BCUT2D eigenvalue weighted by molar-refractivity contribution is 5.87. The molecule has 2 atom stereocenters. The number of hydrogen-bond acceptors (Lipinski definition) is 3. The topological polar surface area (TPSA) is 46.5 Å². The smallest absolute Gasteiger partial charge is 0.319 e. The van der Waals surface area contributed by atoms with Crippen molar-refractivity contribution in [2.24, 2.45) is 0 Å². The Morgan fingerprint density at radius 1 is 1.00 bits per heavy atom. The largest absolute Gasteiger partial charge is 0.465 e. The van der Waals surface area contributed by atoms with Crippen molar-refractivity contribution in [1.29, 1.82) is 0 Å². The van der Waals surface area contributed by atoms with Gasteiger partial charge in [0.15, 0.2) is 0 Å². The lowest BCUT2D eigenvalue weighted by Crippen LogP contribution is -2.53. The molecule has 1 aliphatic rings. The van der Waals surface area contributed by atoms with Crippen molar-refractivity contribution < 1.29 is 14.6 Å². The first-order chi connectivity index (χ1) is 15.1. The summed E-state index contributed by atoms with van der Waals surface area (Å²) in [6, 6.07) is 17.6. The van der Waals surface area contributed by atoms with E-state index in [1.165, 1.54) is 19.3 Å². The Bertz CT molecular complexity index is 860. The number of benzene rings is 2. The third kappa shape index (κ3) is 4.62. The molecular formula is C28H36O3. The highest BCUT2D eigenvalue weighted by atomic mass is 16.5. The van der Waals surface area contributed by atoms with E-state index in [-0.39, 0.29) is 5.97 Å². The number of carbonyl (C=O) groups excluding carboxylic acids is 1. The van der Waals surface area contributed by atoms with Gasteiger partial charge in [0.05, 0.1) is 6.61 Å². The number of carbonyl (C=O) groups is 1. The molecule has 2 aromatic carbocycles. The highest BCUT2D eigenvalue weighted by Gasteiger charge is 2.62. The zero-order valence-corrected chi connectivity index (χ0v) is 18.8. The van der Waals surface area contributed by atoms with Gasteiger partial charge in [-0.1, -0.05) is 92.8 Å². The second-order valence-corrected chi connectivity index (χ2v) is 8.63. The van der Waals surface area contributed by atoms with Crippen LogP contribution in [0, 0.1) is 0 Å². The van der Waals surface area contributed by atoms with Crippen LogP contribution < -0.4 is 0 Å². The first kappa shape index (κ1) is 23.3. The summed E-state index contributed by atoms with van der Waals surface area (Å²) in [4.78, 5) is 13.6. The predicted molar refractivity (Wildman–Crippen MR) is 126 cm³/mol. The molecule has 0 saturated heterocycles. The number of esters is 1. The van der Waals surface area contributed by atoms with Crippen molar-refractivity contribution in [3.05, 3.63) is 83.9 Å². The average molecular weight is 421 g/mol. The van der Waals surface area contributed by atoms with E-state index in [4.69, 9.17) is 4.74 Å². The molecular weight excluding hydrogens is 384 g/mol. The van der Waals surface area contributed by atoms with Crippen LogP contribution in [0.5, 0.6) is 0 Å². The molecule has 3 rings (SSSR count). The maximum atomic E-state index is 13.6. The molecule has 0 spiro atoms. The lowest BCUT2D eigenvalue weighted by molar-refractivity contribution is -0.163. The van der Waals surface area contributed by atoms with Gasteiger partial charge in [-0.25, -0.2) is 0 Å².